The van der Waals surface area contributed by atoms with E-state index in [0.29, 0.717) is 5.75 Å². The fourth-order valence-electron chi connectivity index (χ4n) is 4.56. The topological polar surface area (TPSA) is 43.2 Å². The van der Waals surface area contributed by atoms with Crippen molar-refractivity contribution in [2.45, 2.75) is 49.8 Å². The van der Waals surface area contributed by atoms with Crippen LogP contribution in [0.1, 0.15) is 42.6 Å². The Labute approximate surface area is 180 Å². The van der Waals surface area contributed by atoms with E-state index in [1.165, 1.54) is 11.6 Å². The third-order valence-electron chi connectivity index (χ3n) is 6.18. The Morgan fingerprint density at radius 2 is 1.93 bits per heavy atom. The number of fused-ring (bicyclic) bond motifs is 3. The molecule has 156 valence electrons. The van der Waals surface area contributed by atoms with E-state index in [1.807, 2.05) is 0 Å². The summed E-state index contributed by atoms with van der Waals surface area (Å²) in [7, 11) is 2.09. The van der Waals surface area contributed by atoms with Gasteiger partial charge in [0.25, 0.3) is 0 Å². The van der Waals surface area contributed by atoms with Crippen molar-refractivity contribution in [2.24, 2.45) is 0 Å². The van der Waals surface area contributed by atoms with Gasteiger partial charge in [-0.15, -0.1) is 21.8 Å². The minimum absolute atomic E-state index is 0.0136. The van der Waals surface area contributed by atoms with Crippen LogP contribution in [0.2, 0.25) is 0 Å². The van der Waals surface area contributed by atoms with Crippen LogP contribution in [-0.4, -0.2) is 32.8 Å². The van der Waals surface area contributed by atoms with Gasteiger partial charge >= 0.3 is 0 Å². The van der Waals surface area contributed by atoms with Crippen LogP contribution >= 0.6 is 11.6 Å². The van der Waals surface area contributed by atoms with Crippen molar-refractivity contribution >= 4 is 11.6 Å². The van der Waals surface area contributed by atoms with Crippen LogP contribution in [0.4, 0.5) is 4.39 Å². The average Bonchev–Trinajstić information content (AvgIpc) is 3.14. The molecule has 1 fully saturated rings. The quantitative estimate of drug-likeness (QED) is 0.564. The third kappa shape index (κ3) is 3.59. The number of aromatic nitrogens is 3. The minimum Gasteiger partial charge on any atom is -0.487 e. The molecule has 0 saturated heterocycles. The number of hydrogen-bond donors (Lipinski definition) is 0. The number of rotatable bonds is 3. The minimum atomic E-state index is -0.426. The number of ether oxygens (including phenoxy) is 1. The maximum atomic E-state index is 13.9. The molecule has 0 amide bonds. The molecule has 2 heterocycles. The zero-order valence-electron chi connectivity index (χ0n) is 16.9. The summed E-state index contributed by atoms with van der Waals surface area (Å²) in [5.74, 6) is 0.946. The molecule has 0 bridgehead atoms. The Kier molecular flexibility index (Phi) is 4.99. The Balaban J connectivity index is 1.35. The maximum absolute atomic E-state index is 13.9. The molecule has 2 aromatic carbocycles. The van der Waals surface area contributed by atoms with Crippen molar-refractivity contribution in [3.05, 3.63) is 71.6 Å². The first-order valence-electron chi connectivity index (χ1n) is 10.3. The van der Waals surface area contributed by atoms with E-state index >= 15 is 0 Å². The standard InChI is InChI=1S/C23H24ClFN4O/c1-28-13-16-12-17(6-7-20(16)29-15-26-27-22(29)14-28)23(24)10-8-18(9-11-23)30-21-5-3-2-4-19(21)25/h2-7,12,15,18H,8-11,13-14H2,1H3. The lowest BCUT2D eigenvalue weighted by atomic mass is 9.81. The molecule has 0 radical (unpaired) electrons. The highest BCUT2D eigenvalue weighted by molar-refractivity contribution is 6.24. The van der Waals surface area contributed by atoms with Crippen LogP contribution < -0.4 is 4.74 Å². The van der Waals surface area contributed by atoms with Crippen molar-refractivity contribution in [2.75, 3.05) is 7.05 Å². The van der Waals surface area contributed by atoms with Gasteiger partial charge in [-0.05, 0) is 62.1 Å². The van der Waals surface area contributed by atoms with E-state index in [2.05, 4.69) is 44.9 Å². The third-order valence-corrected chi connectivity index (χ3v) is 6.78. The summed E-state index contributed by atoms with van der Waals surface area (Å²) in [5.41, 5.74) is 3.47. The van der Waals surface area contributed by atoms with Gasteiger partial charge in [0.2, 0.25) is 0 Å². The summed E-state index contributed by atoms with van der Waals surface area (Å²) in [6.45, 7) is 1.59. The maximum Gasteiger partial charge on any atom is 0.165 e. The highest BCUT2D eigenvalue weighted by Gasteiger charge is 2.36. The Bertz CT molecular complexity index is 1060. The van der Waals surface area contributed by atoms with Gasteiger partial charge in [-0.1, -0.05) is 24.3 Å². The van der Waals surface area contributed by atoms with Crippen molar-refractivity contribution < 1.29 is 9.13 Å². The fraction of sp³-hybridized carbons (Fsp3) is 0.391. The van der Waals surface area contributed by atoms with Gasteiger partial charge < -0.3 is 4.74 Å². The van der Waals surface area contributed by atoms with E-state index in [9.17, 15) is 4.39 Å². The van der Waals surface area contributed by atoms with Gasteiger partial charge in [-0.2, -0.15) is 0 Å². The van der Waals surface area contributed by atoms with Crippen LogP contribution in [0.3, 0.4) is 0 Å². The Hall–Kier alpha value is -2.44. The SMILES string of the molecule is CN1Cc2cc(C3(Cl)CCC(Oc4ccccc4F)CC3)ccc2-n2cnnc2C1. The van der Waals surface area contributed by atoms with Crippen LogP contribution in [0.5, 0.6) is 5.75 Å². The molecule has 30 heavy (non-hydrogen) atoms. The van der Waals surface area contributed by atoms with Gasteiger partial charge in [-0.25, -0.2) is 4.39 Å². The molecular weight excluding hydrogens is 403 g/mol. The van der Waals surface area contributed by atoms with Crippen LogP contribution in [-0.2, 0) is 18.0 Å². The Morgan fingerprint density at radius 1 is 1.13 bits per heavy atom. The zero-order valence-corrected chi connectivity index (χ0v) is 17.6. The molecule has 1 aliphatic heterocycles. The molecule has 7 heteroatoms. The van der Waals surface area contributed by atoms with Gasteiger partial charge in [0.1, 0.15) is 6.33 Å². The van der Waals surface area contributed by atoms with Crippen LogP contribution in [0.25, 0.3) is 5.69 Å². The van der Waals surface area contributed by atoms with Gasteiger partial charge in [-0.3, -0.25) is 9.47 Å². The summed E-state index contributed by atoms with van der Waals surface area (Å²) in [5, 5.41) is 8.32. The van der Waals surface area contributed by atoms with E-state index < -0.39 is 4.87 Å². The first-order chi connectivity index (χ1) is 14.5. The molecule has 0 atom stereocenters. The largest absolute Gasteiger partial charge is 0.487 e. The summed E-state index contributed by atoms with van der Waals surface area (Å²) in [6.07, 6.45) is 4.93. The number of halogens is 2. The van der Waals surface area contributed by atoms with Gasteiger partial charge in [0, 0.05) is 6.54 Å². The first-order valence-corrected chi connectivity index (χ1v) is 10.7. The highest BCUT2D eigenvalue weighted by Crippen LogP contribution is 2.45. The molecule has 0 N–H and O–H groups in total. The predicted octanol–water partition coefficient (Wildman–Crippen LogP) is 4.81. The highest BCUT2D eigenvalue weighted by atomic mass is 35.5. The molecule has 1 aromatic heterocycles. The summed E-state index contributed by atoms with van der Waals surface area (Å²) in [6, 6.07) is 13.1. The number of benzene rings is 2. The van der Waals surface area contributed by atoms with Crippen molar-refractivity contribution in [1.82, 2.24) is 19.7 Å². The first kappa shape index (κ1) is 19.5. The number of hydrogen-bond acceptors (Lipinski definition) is 4. The second kappa shape index (κ2) is 7.67. The lowest BCUT2D eigenvalue weighted by Crippen LogP contribution is -2.32. The molecule has 3 aromatic rings. The monoisotopic (exact) mass is 426 g/mol. The molecule has 0 unspecified atom stereocenters. The van der Waals surface area contributed by atoms with Crippen molar-refractivity contribution in [3.8, 4) is 11.4 Å². The van der Waals surface area contributed by atoms with Crippen molar-refractivity contribution in [1.29, 1.82) is 0 Å². The summed E-state index contributed by atoms with van der Waals surface area (Å²) >= 11 is 7.12. The number of para-hydroxylation sites is 1. The predicted molar refractivity (Wildman–Crippen MR) is 113 cm³/mol. The van der Waals surface area contributed by atoms with Crippen LogP contribution in [0.15, 0.2) is 48.8 Å². The van der Waals surface area contributed by atoms with E-state index in [1.54, 1.807) is 24.5 Å². The van der Waals surface area contributed by atoms with Gasteiger partial charge in [0.05, 0.1) is 23.2 Å². The average molecular weight is 427 g/mol. The fourth-order valence-corrected chi connectivity index (χ4v) is 4.89. The lowest BCUT2D eigenvalue weighted by Gasteiger charge is -2.36. The normalized spacial score (nSPS) is 24.0. The second-order valence-electron chi connectivity index (χ2n) is 8.35. The molecule has 1 aliphatic carbocycles. The molecule has 1 saturated carbocycles. The molecule has 0 spiro atoms. The second-order valence-corrected chi connectivity index (χ2v) is 9.07. The van der Waals surface area contributed by atoms with E-state index in [0.717, 1.165) is 55.8 Å². The smallest absolute Gasteiger partial charge is 0.165 e. The van der Waals surface area contributed by atoms with Crippen LogP contribution in [0, 0.1) is 5.82 Å². The lowest BCUT2D eigenvalue weighted by molar-refractivity contribution is 0.133. The Morgan fingerprint density at radius 3 is 2.73 bits per heavy atom. The van der Waals surface area contributed by atoms with Gasteiger partial charge in [0.15, 0.2) is 17.4 Å². The molecule has 5 rings (SSSR count). The van der Waals surface area contributed by atoms with Crippen molar-refractivity contribution in [3.63, 3.8) is 0 Å². The summed E-state index contributed by atoms with van der Waals surface area (Å²) < 4.78 is 21.9. The zero-order chi connectivity index (χ0) is 20.7. The molecule has 5 nitrogen and oxygen atoms in total. The number of alkyl halides is 1. The molecule has 2 aliphatic rings. The van der Waals surface area contributed by atoms with E-state index in [-0.39, 0.29) is 11.9 Å². The summed E-state index contributed by atoms with van der Waals surface area (Å²) in [4.78, 5) is 1.81. The number of nitrogens with zero attached hydrogens (tertiary/aromatic N) is 4. The van der Waals surface area contributed by atoms with E-state index in [4.69, 9.17) is 16.3 Å². The molecular formula is C23H24ClFN4O.